The lowest BCUT2D eigenvalue weighted by Gasteiger charge is -2.20. The highest BCUT2D eigenvalue weighted by Crippen LogP contribution is 2.09. The Balaban J connectivity index is 2.81. The molecule has 1 unspecified atom stereocenters. The van der Waals surface area contributed by atoms with Crippen LogP contribution in [0.1, 0.15) is 30.6 Å². The predicted octanol–water partition coefficient (Wildman–Crippen LogP) is 1.64. The molecule has 0 saturated heterocycles. The summed E-state index contributed by atoms with van der Waals surface area (Å²) >= 11 is 0. The smallest absolute Gasteiger partial charge is 0.254 e. The van der Waals surface area contributed by atoms with Gasteiger partial charge in [0.05, 0.1) is 11.6 Å². The molecule has 1 atom stereocenters. The van der Waals surface area contributed by atoms with Gasteiger partial charge in [0, 0.05) is 6.20 Å². The van der Waals surface area contributed by atoms with Crippen molar-refractivity contribution < 1.29 is 9.18 Å². The highest BCUT2D eigenvalue weighted by atomic mass is 19.1. The second kappa shape index (κ2) is 4.71. The maximum Gasteiger partial charge on any atom is 0.254 e. The summed E-state index contributed by atoms with van der Waals surface area (Å²) in [5.74, 6) is -1.08. The summed E-state index contributed by atoms with van der Waals surface area (Å²) in [5.41, 5.74) is -0.679. The molecule has 0 aliphatic heterocycles. The van der Waals surface area contributed by atoms with Crippen molar-refractivity contribution in [3.05, 3.63) is 29.8 Å². The molecular weight excluding hydrogens is 209 g/mol. The van der Waals surface area contributed by atoms with E-state index in [1.807, 2.05) is 6.07 Å². The predicted molar refractivity (Wildman–Crippen MR) is 56.0 cm³/mol. The van der Waals surface area contributed by atoms with Gasteiger partial charge in [-0.15, -0.1) is 0 Å². The second-order valence-electron chi connectivity index (χ2n) is 3.62. The molecule has 1 aromatic heterocycles. The molecule has 5 heteroatoms. The minimum atomic E-state index is -0.911. The number of carbonyl (C=O) groups is 1. The number of rotatable bonds is 3. The van der Waals surface area contributed by atoms with Crippen molar-refractivity contribution in [2.75, 3.05) is 0 Å². The van der Waals surface area contributed by atoms with E-state index in [1.54, 1.807) is 13.8 Å². The van der Waals surface area contributed by atoms with Crippen LogP contribution in [0.15, 0.2) is 18.3 Å². The van der Waals surface area contributed by atoms with Crippen LogP contribution in [0.5, 0.6) is 0 Å². The van der Waals surface area contributed by atoms with E-state index in [0.717, 1.165) is 12.3 Å². The first-order valence-corrected chi connectivity index (χ1v) is 4.86. The maximum atomic E-state index is 12.5. The minimum absolute atomic E-state index is 0.233. The molecule has 0 aliphatic carbocycles. The number of halogens is 1. The van der Waals surface area contributed by atoms with Crippen molar-refractivity contribution in [2.24, 2.45) is 0 Å². The van der Waals surface area contributed by atoms with Crippen LogP contribution in [-0.2, 0) is 0 Å². The molecule has 0 fully saturated rings. The van der Waals surface area contributed by atoms with E-state index in [-0.39, 0.29) is 5.56 Å². The number of nitrogens with one attached hydrogen (secondary N) is 1. The molecule has 1 heterocycles. The molecule has 0 spiro atoms. The molecule has 1 aromatic rings. The van der Waals surface area contributed by atoms with Crippen LogP contribution in [0.2, 0.25) is 0 Å². The highest BCUT2D eigenvalue weighted by molar-refractivity contribution is 5.94. The van der Waals surface area contributed by atoms with Gasteiger partial charge in [-0.1, -0.05) is 6.92 Å². The van der Waals surface area contributed by atoms with Crippen molar-refractivity contribution in [1.82, 2.24) is 10.3 Å². The molecule has 0 bridgehead atoms. The number of carbonyl (C=O) groups excluding carboxylic acids is 1. The Bertz CT molecular complexity index is 424. The van der Waals surface area contributed by atoms with Gasteiger partial charge in [-0.3, -0.25) is 4.79 Å². The van der Waals surface area contributed by atoms with Crippen LogP contribution in [0.3, 0.4) is 0 Å². The third kappa shape index (κ3) is 2.76. The lowest BCUT2D eigenvalue weighted by atomic mass is 10.0. The van der Waals surface area contributed by atoms with E-state index >= 15 is 0 Å². The van der Waals surface area contributed by atoms with Gasteiger partial charge in [0.2, 0.25) is 5.95 Å². The van der Waals surface area contributed by atoms with Crippen LogP contribution < -0.4 is 5.32 Å². The lowest BCUT2D eigenvalue weighted by Crippen LogP contribution is -2.44. The molecule has 84 valence electrons. The molecule has 0 aliphatic rings. The normalized spacial score (nSPS) is 13.6. The Morgan fingerprint density at radius 1 is 1.69 bits per heavy atom. The van der Waals surface area contributed by atoms with Gasteiger partial charge in [0.15, 0.2) is 0 Å². The zero-order valence-corrected chi connectivity index (χ0v) is 9.12. The first-order valence-electron chi connectivity index (χ1n) is 4.86. The summed E-state index contributed by atoms with van der Waals surface area (Å²) in [5, 5.41) is 11.5. The summed E-state index contributed by atoms with van der Waals surface area (Å²) < 4.78 is 12.5. The zero-order chi connectivity index (χ0) is 12.2. The van der Waals surface area contributed by atoms with Crippen LogP contribution in [0.4, 0.5) is 4.39 Å². The van der Waals surface area contributed by atoms with E-state index in [4.69, 9.17) is 5.26 Å². The topological polar surface area (TPSA) is 65.8 Å². The third-order valence-corrected chi connectivity index (χ3v) is 2.33. The average Bonchev–Trinajstić information content (AvgIpc) is 2.29. The number of hydrogen-bond acceptors (Lipinski definition) is 3. The van der Waals surface area contributed by atoms with E-state index in [9.17, 15) is 9.18 Å². The van der Waals surface area contributed by atoms with Crippen molar-refractivity contribution in [1.29, 1.82) is 5.26 Å². The summed E-state index contributed by atoms with van der Waals surface area (Å²) in [6.07, 6.45) is 1.63. The van der Waals surface area contributed by atoms with Crippen molar-refractivity contribution in [3.63, 3.8) is 0 Å². The average molecular weight is 221 g/mol. The summed E-state index contributed by atoms with van der Waals surface area (Å²) in [4.78, 5) is 15.0. The molecule has 1 rings (SSSR count). The van der Waals surface area contributed by atoms with E-state index < -0.39 is 17.4 Å². The Morgan fingerprint density at radius 2 is 2.38 bits per heavy atom. The monoisotopic (exact) mass is 221 g/mol. The van der Waals surface area contributed by atoms with Gasteiger partial charge in [0.1, 0.15) is 5.54 Å². The molecule has 0 radical (unpaired) electrons. The number of amides is 1. The second-order valence-corrected chi connectivity index (χ2v) is 3.62. The van der Waals surface area contributed by atoms with Gasteiger partial charge in [-0.05, 0) is 25.5 Å². The first kappa shape index (κ1) is 12.1. The lowest BCUT2D eigenvalue weighted by molar-refractivity contribution is 0.0922. The maximum absolute atomic E-state index is 12.5. The van der Waals surface area contributed by atoms with Crippen molar-refractivity contribution in [2.45, 2.75) is 25.8 Å². The summed E-state index contributed by atoms with van der Waals surface area (Å²) in [7, 11) is 0. The summed E-state index contributed by atoms with van der Waals surface area (Å²) in [6.45, 7) is 3.42. The molecule has 0 aromatic carbocycles. The molecule has 1 amide bonds. The van der Waals surface area contributed by atoms with Crippen LogP contribution in [0.25, 0.3) is 0 Å². The van der Waals surface area contributed by atoms with Crippen LogP contribution in [0, 0.1) is 17.3 Å². The van der Waals surface area contributed by atoms with Crippen LogP contribution in [-0.4, -0.2) is 16.4 Å². The number of aromatic nitrogens is 1. The largest absolute Gasteiger partial charge is 0.334 e. The fraction of sp³-hybridized carbons (Fsp3) is 0.364. The summed E-state index contributed by atoms with van der Waals surface area (Å²) in [6, 6.07) is 4.44. The molecule has 1 N–H and O–H groups in total. The standard InChI is InChI=1S/C11H12FN3O/c1-3-11(2,7-13)15-10(16)8-4-5-9(12)14-6-8/h4-6H,3H2,1-2H3,(H,15,16). The van der Waals surface area contributed by atoms with E-state index in [2.05, 4.69) is 10.3 Å². The van der Waals surface area contributed by atoms with Gasteiger partial charge in [-0.2, -0.15) is 9.65 Å². The minimum Gasteiger partial charge on any atom is -0.334 e. The zero-order valence-electron chi connectivity index (χ0n) is 9.12. The molecule has 16 heavy (non-hydrogen) atoms. The van der Waals surface area contributed by atoms with Crippen molar-refractivity contribution in [3.8, 4) is 6.07 Å². The van der Waals surface area contributed by atoms with Crippen molar-refractivity contribution >= 4 is 5.91 Å². The number of nitriles is 1. The van der Waals surface area contributed by atoms with E-state index in [1.165, 1.54) is 6.07 Å². The molecule has 4 nitrogen and oxygen atoms in total. The highest BCUT2D eigenvalue weighted by Gasteiger charge is 2.24. The van der Waals surface area contributed by atoms with E-state index in [0.29, 0.717) is 6.42 Å². The number of nitrogens with zero attached hydrogens (tertiary/aromatic N) is 2. The Labute approximate surface area is 93.1 Å². The SMILES string of the molecule is CCC(C)(C#N)NC(=O)c1ccc(F)nc1. The third-order valence-electron chi connectivity index (χ3n) is 2.33. The van der Waals surface area contributed by atoms with Crippen LogP contribution >= 0.6 is 0 Å². The fourth-order valence-corrected chi connectivity index (χ4v) is 1.03. The fourth-order valence-electron chi connectivity index (χ4n) is 1.03. The first-order chi connectivity index (χ1) is 7.50. The Hall–Kier alpha value is -1.96. The molecule has 0 saturated carbocycles. The molecular formula is C11H12FN3O. The quantitative estimate of drug-likeness (QED) is 0.789. The Morgan fingerprint density at radius 3 is 2.81 bits per heavy atom. The van der Waals surface area contributed by atoms with Gasteiger partial charge >= 0.3 is 0 Å². The van der Waals surface area contributed by atoms with Gasteiger partial charge < -0.3 is 5.32 Å². The number of hydrogen-bond donors (Lipinski definition) is 1. The van der Waals surface area contributed by atoms with Gasteiger partial charge in [-0.25, -0.2) is 4.98 Å². The van der Waals surface area contributed by atoms with Gasteiger partial charge in [0.25, 0.3) is 5.91 Å². The number of pyridine rings is 1. The Kier molecular flexibility index (Phi) is 3.56.